The van der Waals surface area contributed by atoms with Gasteiger partial charge in [0.25, 0.3) is 0 Å². The van der Waals surface area contributed by atoms with Crippen molar-refractivity contribution >= 4 is 32.1 Å². The van der Waals surface area contributed by atoms with Gasteiger partial charge < -0.3 is 0 Å². The summed E-state index contributed by atoms with van der Waals surface area (Å²) in [7, 11) is 0. The van der Waals surface area contributed by atoms with Crippen LogP contribution in [0.5, 0.6) is 0 Å². The summed E-state index contributed by atoms with van der Waals surface area (Å²) in [6.45, 7) is 19.1. The van der Waals surface area contributed by atoms with Crippen LogP contribution in [0.25, 0.3) is 9.40 Å². The van der Waals surface area contributed by atoms with Crippen LogP contribution >= 0.6 is 22.7 Å². The van der Waals surface area contributed by atoms with E-state index in [9.17, 15) is 0 Å². The summed E-state index contributed by atoms with van der Waals surface area (Å²) in [4.78, 5) is 3.17. The van der Waals surface area contributed by atoms with Crippen molar-refractivity contribution in [2.75, 3.05) is 0 Å². The molecular weight excluding hydrogens is 328 g/mol. The third kappa shape index (κ3) is 3.46. The first kappa shape index (κ1) is 20.0. The van der Waals surface area contributed by atoms with E-state index in [0.29, 0.717) is 10.8 Å². The summed E-state index contributed by atoms with van der Waals surface area (Å²) < 4.78 is 3.01. The maximum atomic E-state index is 2.51. The van der Waals surface area contributed by atoms with Crippen LogP contribution in [0, 0.1) is 5.41 Å². The first-order valence-corrected chi connectivity index (χ1v) is 11.3. The van der Waals surface area contributed by atoms with E-state index < -0.39 is 0 Å². The zero-order valence-corrected chi connectivity index (χ0v) is 18.6. The van der Waals surface area contributed by atoms with Gasteiger partial charge >= 0.3 is 0 Å². The van der Waals surface area contributed by atoms with E-state index >= 15 is 0 Å². The van der Waals surface area contributed by atoms with Crippen LogP contribution in [0.15, 0.2) is 12.1 Å². The molecule has 24 heavy (non-hydrogen) atoms. The van der Waals surface area contributed by atoms with Crippen LogP contribution in [0.3, 0.4) is 0 Å². The van der Waals surface area contributed by atoms with Crippen LogP contribution < -0.4 is 0 Å². The van der Waals surface area contributed by atoms with E-state index in [1.165, 1.54) is 41.5 Å². The second-order valence-corrected chi connectivity index (χ2v) is 11.1. The molecule has 0 spiro atoms. The van der Waals surface area contributed by atoms with Gasteiger partial charge in [0.15, 0.2) is 0 Å². The van der Waals surface area contributed by atoms with Gasteiger partial charge in [-0.25, -0.2) is 0 Å². The molecule has 2 atom stereocenters. The third-order valence-corrected chi connectivity index (χ3v) is 9.20. The monoisotopic (exact) mass is 364 g/mol. The molecule has 2 aromatic rings. The van der Waals surface area contributed by atoms with Gasteiger partial charge in [-0.1, -0.05) is 68.2 Å². The molecule has 2 unspecified atom stereocenters. The van der Waals surface area contributed by atoms with Gasteiger partial charge in [0, 0.05) is 30.0 Å². The Bertz CT molecular complexity index is 638. The smallest absolute Gasteiger partial charge is 0.0456 e. The van der Waals surface area contributed by atoms with Crippen molar-refractivity contribution in [3.63, 3.8) is 0 Å². The maximum Gasteiger partial charge on any atom is 0.0456 e. The zero-order valence-electron chi connectivity index (χ0n) is 17.0. The Hall–Kier alpha value is -0.340. The van der Waals surface area contributed by atoms with Crippen LogP contribution in [0.4, 0.5) is 0 Å². The van der Waals surface area contributed by atoms with Gasteiger partial charge in [0.05, 0.1) is 0 Å². The molecule has 2 aromatic heterocycles. The topological polar surface area (TPSA) is 0 Å². The molecular formula is C22H36S2. The molecule has 0 N–H and O–H groups in total. The average Bonchev–Trinajstić information content (AvgIpc) is 3.05. The van der Waals surface area contributed by atoms with Crippen LogP contribution in [0.2, 0.25) is 0 Å². The van der Waals surface area contributed by atoms with Crippen molar-refractivity contribution < 1.29 is 0 Å². The number of fused-ring (bicyclic) bond motifs is 1. The van der Waals surface area contributed by atoms with E-state index in [2.05, 4.69) is 67.5 Å². The van der Waals surface area contributed by atoms with E-state index in [-0.39, 0.29) is 5.41 Å². The van der Waals surface area contributed by atoms with Crippen molar-refractivity contribution in [2.24, 2.45) is 5.41 Å². The van der Waals surface area contributed by atoms with E-state index in [1.807, 2.05) is 22.7 Å². The summed E-state index contributed by atoms with van der Waals surface area (Å²) in [6, 6.07) is 5.01. The van der Waals surface area contributed by atoms with Gasteiger partial charge in [-0.2, -0.15) is 0 Å². The quantitative estimate of drug-likeness (QED) is 0.461. The minimum absolute atomic E-state index is 0.267. The predicted octanol–water partition coefficient (Wildman–Crippen LogP) is 8.53. The minimum Gasteiger partial charge on any atom is -0.139 e. The van der Waals surface area contributed by atoms with E-state index in [1.54, 1.807) is 9.75 Å². The third-order valence-electron chi connectivity index (χ3n) is 6.33. The van der Waals surface area contributed by atoms with Crippen LogP contribution in [-0.2, 0) is 10.8 Å². The van der Waals surface area contributed by atoms with Gasteiger partial charge in [-0.05, 0) is 36.8 Å². The highest BCUT2D eigenvalue weighted by atomic mass is 32.1. The van der Waals surface area contributed by atoms with Crippen molar-refractivity contribution in [3.8, 4) is 0 Å². The number of hydrogen-bond acceptors (Lipinski definition) is 2. The van der Waals surface area contributed by atoms with Crippen LogP contribution in [0.1, 0.15) is 97.2 Å². The fourth-order valence-electron chi connectivity index (χ4n) is 3.80. The Morgan fingerprint density at radius 2 is 1.25 bits per heavy atom. The highest BCUT2D eigenvalue weighted by Crippen LogP contribution is 2.50. The molecule has 0 aliphatic carbocycles. The van der Waals surface area contributed by atoms with Crippen molar-refractivity contribution in [1.29, 1.82) is 0 Å². The molecule has 0 fully saturated rings. The molecule has 0 aliphatic heterocycles. The molecule has 2 heterocycles. The van der Waals surface area contributed by atoms with Gasteiger partial charge in [0.1, 0.15) is 0 Å². The Balaban J connectivity index is 2.45. The zero-order chi connectivity index (χ0) is 18.2. The second-order valence-electron chi connectivity index (χ2n) is 8.95. The first-order chi connectivity index (χ1) is 11.1. The van der Waals surface area contributed by atoms with Crippen molar-refractivity contribution in [2.45, 2.75) is 98.3 Å². The predicted molar refractivity (Wildman–Crippen MR) is 114 cm³/mol. The number of thiophene rings is 2. The van der Waals surface area contributed by atoms with Gasteiger partial charge in [0.2, 0.25) is 0 Å². The molecule has 0 bridgehead atoms. The van der Waals surface area contributed by atoms with Gasteiger partial charge in [-0.3, -0.25) is 0 Å². The summed E-state index contributed by atoms with van der Waals surface area (Å²) in [6.07, 6.45) is 6.30. The summed E-state index contributed by atoms with van der Waals surface area (Å²) in [5.74, 6) is 0. The second kappa shape index (κ2) is 7.11. The Labute approximate surface area is 157 Å². The molecule has 0 radical (unpaired) electrons. The standard InChI is InChI=1S/C22H36S2/c1-9-12-21(7,11-3)18-14-16-17(23-18)15-19(24-16)22(8,13-10-2)20(4,5)6/h14-15H,9-13H2,1-8H3. The molecule has 0 saturated carbocycles. The molecule has 0 amide bonds. The molecule has 0 aliphatic rings. The molecule has 2 rings (SSSR count). The lowest BCUT2D eigenvalue weighted by Gasteiger charge is -2.41. The Morgan fingerprint density at radius 3 is 1.71 bits per heavy atom. The average molecular weight is 365 g/mol. The normalized spacial score (nSPS) is 17.8. The molecule has 2 heteroatoms. The lowest BCUT2D eigenvalue weighted by molar-refractivity contribution is 0.192. The van der Waals surface area contributed by atoms with Crippen molar-refractivity contribution in [1.82, 2.24) is 0 Å². The largest absolute Gasteiger partial charge is 0.139 e. The van der Waals surface area contributed by atoms with Crippen LogP contribution in [-0.4, -0.2) is 0 Å². The fourth-order valence-corrected chi connectivity index (χ4v) is 6.82. The van der Waals surface area contributed by atoms with E-state index in [0.717, 1.165) is 0 Å². The maximum absolute atomic E-state index is 2.51. The summed E-state index contributed by atoms with van der Waals surface area (Å²) in [5, 5.41) is 0. The number of rotatable bonds is 7. The molecule has 0 saturated heterocycles. The lowest BCUT2D eigenvalue weighted by Crippen LogP contribution is -2.36. The summed E-state index contributed by atoms with van der Waals surface area (Å²) in [5.41, 5.74) is 0.914. The molecule has 136 valence electrons. The minimum atomic E-state index is 0.267. The number of hydrogen-bond donors (Lipinski definition) is 0. The van der Waals surface area contributed by atoms with Crippen molar-refractivity contribution in [3.05, 3.63) is 21.9 Å². The molecule has 0 nitrogen and oxygen atoms in total. The Kier molecular flexibility index (Phi) is 5.92. The first-order valence-electron chi connectivity index (χ1n) is 9.65. The summed E-state index contributed by atoms with van der Waals surface area (Å²) >= 11 is 4.09. The highest BCUT2D eigenvalue weighted by molar-refractivity contribution is 7.28. The molecule has 0 aromatic carbocycles. The van der Waals surface area contributed by atoms with Gasteiger partial charge in [-0.15, -0.1) is 22.7 Å². The fraction of sp³-hybridized carbons (Fsp3) is 0.727. The Morgan fingerprint density at radius 1 is 0.750 bits per heavy atom. The lowest BCUT2D eigenvalue weighted by atomic mass is 9.64. The highest BCUT2D eigenvalue weighted by Gasteiger charge is 2.39. The van der Waals surface area contributed by atoms with E-state index in [4.69, 9.17) is 0 Å². The SMILES string of the molecule is CCCC(C)(CC)c1cc2sc(C(C)(CCC)C(C)(C)C)cc2s1.